The molecule has 0 bridgehead atoms. The van der Waals surface area contributed by atoms with Crippen molar-refractivity contribution >= 4 is 17.3 Å². The van der Waals surface area contributed by atoms with E-state index < -0.39 is 0 Å². The second kappa shape index (κ2) is 11.1. The Morgan fingerprint density at radius 1 is 0.935 bits per heavy atom. The molecule has 3 rings (SSSR count). The number of hydrogen-bond acceptors (Lipinski definition) is 4. The fourth-order valence-electron chi connectivity index (χ4n) is 3.09. The first-order chi connectivity index (χ1) is 15.1. The maximum atomic E-state index is 12.8. The number of carbonyl (C=O) groups excluding carboxylic acids is 1. The Balaban J connectivity index is 1.64. The van der Waals surface area contributed by atoms with Crippen LogP contribution in [0.5, 0.6) is 11.5 Å². The number of para-hydroxylation sites is 2. The summed E-state index contributed by atoms with van der Waals surface area (Å²) >= 11 is 0. The summed E-state index contributed by atoms with van der Waals surface area (Å²) in [5, 5.41) is 6.30. The molecule has 3 aromatic carbocycles. The van der Waals surface area contributed by atoms with Crippen molar-refractivity contribution in [3.05, 3.63) is 83.9 Å². The van der Waals surface area contributed by atoms with Gasteiger partial charge in [0.05, 0.1) is 25.0 Å². The first-order valence-electron chi connectivity index (χ1n) is 10.6. The monoisotopic (exact) mass is 418 g/mol. The van der Waals surface area contributed by atoms with Crippen molar-refractivity contribution in [3.8, 4) is 11.5 Å². The van der Waals surface area contributed by atoms with Gasteiger partial charge in [-0.2, -0.15) is 0 Å². The standard InChI is InChI=1S/C26H30N2O3/c1-19(2)15-16-31-24-14-13-20(17-25(24)30-3)18-27-26(29)22-11-7-8-12-23(22)28-21-9-5-4-6-10-21/h4-14,17,19,28H,15-16,18H2,1-3H3,(H,27,29). The van der Waals surface area contributed by atoms with Gasteiger partial charge in [0.25, 0.3) is 5.91 Å². The zero-order valence-corrected chi connectivity index (χ0v) is 18.4. The molecule has 0 aliphatic carbocycles. The molecule has 0 saturated heterocycles. The number of ether oxygens (including phenoxy) is 2. The van der Waals surface area contributed by atoms with Crippen molar-refractivity contribution in [2.75, 3.05) is 19.0 Å². The number of hydrogen-bond donors (Lipinski definition) is 2. The average Bonchev–Trinajstić information content (AvgIpc) is 2.79. The predicted molar refractivity (Wildman–Crippen MR) is 125 cm³/mol. The molecule has 0 radical (unpaired) electrons. The lowest BCUT2D eigenvalue weighted by atomic mass is 10.1. The molecule has 3 aromatic rings. The van der Waals surface area contributed by atoms with E-state index in [0.29, 0.717) is 30.4 Å². The molecule has 0 heterocycles. The molecular weight excluding hydrogens is 388 g/mol. The molecule has 0 aliphatic heterocycles. The van der Waals surface area contributed by atoms with E-state index >= 15 is 0 Å². The van der Waals surface area contributed by atoms with E-state index in [1.807, 2.05) is 72.8 Å². The molecule has 2 N–H and O–H groups in total. The lowest BCUT2D eigenvalue weighted by Gasteiger charge is -2.14. The van der Waals surface area contributed by atoms with Gasteiger partial charge in [0, 0.05) is 12.2 Å². The van der Waals surface area contributed by atoms with Crippen LogP contribution in [0.1, 0.15) is 36.2 Å². The van der Waals surface area contributed by atoms with Gasteiger partial charge in [-0.3, -0.25) is 4.79 Å². The number of anilines is 2. The van der Waals surface area contributed by atoms with Gasteiger partial charge in [-0.05, 0) is 54.3 Å². The first-order valence-corrected chi connectivity index (χ1v) is 10.6. The minimum Gasteiger partial charge on any atom is -0.493 e. The highest BCUT2D eigenvalue weighted by Crippen LogP contribution is 2.28. The van der Waals surface area contributed by atoms with E-state index in [1.165, 1.54) is 0 Å². The molecule has 0 aromatic heterocycles. The van der Waals surface area contributed by atoms with Crippen LogP contribution in [0.2, 0.25) is 0 Å². The molecule has 0 unspecified atom stereocenters. The summed E-state index contributed by atoms with van der Waals surface area (Å²) in [6.45, 7) is 5.37. The molecule has 0 aliphatic rings. The zero-order valence-electron chi connectivity index (χ0n) is 18.4. The largest absolute Gasteiger partial charge is 0.493 e. The lowest BCUT2D eigenvalue weighted by Crippen LogP contribution is -2.23. The van der Waals surface area contributed by atoms with Crippen molar-refractivity contribution in [2.24, 2.45) is 5.92 Å². The molecule has 162 valence electrons. The number of benzene rings is 3. The molecule has 0 atom stereocenters. The van der Waals surface area contributed by atoms with Gasteiger partial charge in [0.1, 0.15) is 0 Å². The van der Waals surface area contributed by atoms with Gasteiger partial charge < -0.3 is 20.1 Å². The second-order valence-electron chi connectivity index (χ2n) is 7.74. The summed E-state index contributed by atoms with van der Waals surface area (Å²) in [6, 6.07) is 23.0. The number of rotatable bonds is 10. The van der Waals surface area contributed by atoms with Crippen LogP contribution in [0.15, 0.2) is 72.8 Å². The third kappa shape index (κ3) is 6.51. The zero-order chi connectivity index (χ0) is 22.1. The summed E-state index contributed by atoms with van der Waals surface area (Å²) in [6.07, 6.45) is 0.984. The summed E-state index contributed by atoms with van der Waals surface area (Å²) in [5.41, 5.74) is 3.22. The smallest absolute Gasteiger partial charge is 0.253 e. The van der Waals surface area contributed by atoms with Crippen molar-refractivity contribution in [1.82, 2.24) is 5.32 Å². The topological polar surface area (TPSA) is 59.6 Å². The molecule has 0 spiro atoms. The van der Waals surface area contributed by atoms with E-state index in [9.17, 15) is 4.79 Å². The number of nitrogens with one attached hydrogen (secondary N) is 2. The fourth-order valence-corrected chi connectivity index (χ4v) is 3.09. The quantitative estimate of drug-likeness (QED) is 0.437. The highest BCUT2D eigenvalue weighted by Gasteiger charge is 2.12. The van der Waals surface area contributed by atoms with E-state index in [1.54, 1.807) is 7.11 Å². The van der Waals surface area contributed by atoms with Crippen molar-refractivity contribution in [1.29, 1.82) is 0 Å². The molecule has 5 heteroatoms. The molecule has 5 nitrogen and oxygen atoms in total. The normalized spacial score (nSPS) is 10.6. The van der Waals surface area contributed by atoms with Crippen molar-refractivity contribution < 1.29 is 14.3 Å². The van der Waals surface area contributed by atoms with E-state index in [0.717, 1.165) is 29.1 Å². The van der Waals surface area contributed by atoms with Gasteiger partial charge in [0.2, 0.25) is 0 Å². The Morgan fingerprint density at radius 2 is 1.68 bits per heavy atom. The third-order valence-corrected chi connectivity index (χ3v) is 4.86. The van der Waals surface area contributed by atoms with Crippen LogP contribution in [0.25, 0.3) is 0 Å². The minimum absolute atomic E-state index is 0.143. The van der Waals surface area contributed by atoms with Crippen LogP contribution in [0, 0.1) is 5.92 Å². The van der Waals surface area contributed by atoms with Gasteiger partial charge in [-0.15, -0.1) is 0 Å². The summed E-state index contributed by atoms with van der Waals surface area (Å²) < 4.78 is 11.3. The van der Waals surface area contributed by atoms with Gasteiger partial charge >= 0.3 is 0 Å². The second-order valence-corrected chi connectivity index (χ2v) is 7.74. The van der Waals surface area contributed by atoms with Gasteiger partial charge in [0.15, 0.2) is 11.5 Å². The maximum Gasteiger partial charge on any atom is 0.253 e. The van der Waals surface area contributed by atoms with Crippen molar-refractivity contribution in [2.45, 2.75) is 26.8 Å². The summed E-state index contributed by atoms with van der Waals surface area (Å²) in [5.74, 6) is 1.83. The van der Waals surface area contributed by atoms with Crippen molar-refractivity contribution in [3.63, 3.8) is 0 Å². The average molecular weight is 419 g/mol. The van der Waals surface area contributed by atoms with Crippen LogP contribution < -0.4 is 20.1 Å². The predicted octanol–water partition coefficient (Wildman–Crippen LogP) is 5.79. The van der Waals surface area contributed by atoms with Gasteiger partial charge in [-0.1, -0.05) is 50.2 Å². The Bertz CT molecular complexity index is 987. The lowest BCUT2D eigenvalue weighted by molar-refractivity contribution is 0.0951. The highest BCUT2D eigenvalue weighted by molar-refractivity contribution is 6.00. The van der Waals surface area contributed by atoms with Crippen LogP contribution in [0.3, 0.4) is 0 Å². The Kier molecular flexibility index (Phi) is 7.93. The molecule has 0 fully saturated rings. The molecule has 31 heavy (non-hydrogen) atoms. The van der Waals surface area contributed by atoms with E-state index in [4.69, 9.17) is 9.47 Å². The first kappa shape index (κ1) is 22.2. The third-order valence-electron chi connectivity index (χ3n) is 4.86. The number of amides is 1. The van der Waals surface area contributed by atoms with Gasteiger partial charge in [-0.25, -0.2) is 0 Å². The van der Waals surface area contributed by atoms with Crippen LogP contribution in [-0.4, -0.2) is 19.6 Å². The van der Waals surface area contributed by atoms with E-state index in [2.05, 4.69) is 24.5 Å². The number of methoxy groups -OCH3 is 1. The maximum absolute atomic E-state index is 12.8. The number of carbonyl (C=O) groups is 1. The fraction of sp³-hybridized carbons (Fsp3) is 0.269. The van der Waals surface area contributed by atoms with Crippen LogP contribution >= 0.6 is 0 Å². The Morgan fingerprint density at radius 3 is 2.42 bits per heavy atom. The molecule has 1 amide bonds. The Hall–Kier alpha value is -3.47. The van der Waals surface area contributed by atoms with Crippen LogP contribution in [-0.2, 0) is 6.54 Å². The highest BCUT2D eigenvalue weighted by atomic mass is 16.5. The SMILES string of the molecule is COc1cc(CNC(=O)c2ccccc2Nc2ccccc2)ccc1OCCC(C)C. The summed E-state index contributed by atoms with van der Waals surface area (Å²) in [4.78, 5) is 12.8. The Labute approximate surface area is 184 Å². The van der Waals surface area contributed by atoms with Crippen LogP contribution in [0.4, 0.5) is 11.4 Å². The van der Waals surface area contributed by atoms with E-state index in [-0.39, 0.29) is 5.91 Å². The minimum atomic E-state index is -0.143. The summed E-state index contributed by atoms with van der Waals surface area (Å²) in [7, 11) is 1.62. The molecular formula is C26H30N2O3. The molecule has 0 saturated carbocycles.